The summed E-state index contributed by atoms with van der Waals surface area (Å²) in [6.07, 6.45) is 5.04. The van der Waals surface area contributed by atoms with Crippen LogP contribution in [0.25, 0.3) is 0 Å². The summed E-state index contributed by atoms with van der Waals surface area (Å²) in [6, 6.07) is 4.84. The summed E-state index contributed by atoms with van der Waals surface area (Å²) in [5.74, 6) is 0.819. The fourth-order valence-corrected chi connectivity index (χ4v) is 2.42. The van der Waals surface area contributed by atoms with Gasteiger partial charge in [0.2, 0.25) is 0 Å². The fraction of sp³-hybridized carbons (Fsp3) is 0.643. The average Bonchev–Trinajstić information content (AvgIpc) is 2.79. The lowest BCUT2D eigenvalue weighted by molar-refractivity contribution is 0.264. The van der Waals surface area contributed by atoms with Gasteiger partial charge in [-0.15, -0.1) is 0 Å². The Labute approximate surface area is 104 Å². The van der Waals surface area contributed by atoms with E-state index in [0.29, 0.717) is 6.04 Å². The molecule has 17 heavy (non-hydrogen) atoms. The predicted molar refractivity (Wildman–Crippen MR) is 70.8 cm³/mol. The van der Waals surface area contributed by atoms with Crippen molar-refractivity contribution in [3.05, 3.63) is 30.1 Å². The Balaban J connectivity index is 1.67. The fourth-order valence-electron chi connectivity index (χ4n) is 2.42. The Morgan fingerprint density at radius 2 is 2.18 bits per heavy atom. The van der Waals surface area contributed by atoms with Gasteiger partial charge in [0.25, 0.3) is 0 Å². The molecule has 1 aliphatic rings. The molecule has 1 saturated heterocycles. The van der Waals surface area contributed by atoms with E-state index >= 15 is 0 Å². The van der Waals surface area contributed by atoms with Crippen molar-refractivity contribution in [1.82, 2.24) is 15.2 Å². The van der Waals surface area contributed by atoms with Crippen LogP contribution in [0.1, 0.15) is 25.8 Å². The van der Waals surface area contributed by atoms with Gasteiger partial charge in [-0.05, 0) is 57.0 Å². The largest absolute Gasteiger partial charge is 0.312 e. The molecule has 2 rings (SSSR count). The molecular formula is C14H23N3. The van der Waals surface area contributed by atoms with Crippen molar-refractivity contribution in [2.24, 2.45) is 5.92 Å². The normalized spacial score (nSPS) is 21.2. The smallest absolute Gasteiger partial charge is 0.0271 e. The summed E-state index contributed by atoms with van der Waals surface area (Å²) in [5.41, 5.74) is 1.32. The van der Waals surface area contributed by atoms with Crippen LogP contribution in [-0.4, -0.2) is 35.6 Å². The number of hydrogen-bond donors (Lipinski definition) is 1. The topological polar surface area (TPSA) is 28.2 Å². The highest BCUT2D eigenvalue weighted by Crippen LogP contribution is 2.17. The molecule has 3 nitrogen and oxygen atoms in total. The lowest BCUT2D eigenvalue weighted by Gasteiger charge is -2.20. The molecule has 1 N–H and O–H groups in total. The molecule has 0 bridgehead atoms. The lowest BCUT2D eigenvalue weighted by atomic mass is 10.1. The quantitative estimate of drug-likeness (QED) is 0.842. The van der Waals surface area contributed by atoms with Crippen LogP contribution in [0.4, 0.5) is 0 Å². The summed E-state index contributed by atoms with van der Waals surface area (Å²) in [7, 11) is 0. The zero-order chi connectivity index (χ0) is 12.1. The molecule has 0 radical (unpaired) electrons. The molecule has 94 valence electrons. The maximum Gasteiger partial charge on any atom is 0.0271 e. The summed E-state index contributed by atoms with van der Waals surface area (Å²) in [5, 5.41) is 3.55. The first-order chi connectivity index (χ1) is 8.25. The van der Waals surface area contributed by atoms with Gasteiger partial charge in [-0.25, -0.2) is 0 Å². The van der Waals surface area contributed by atoms with Gasteiger partial charge in [0.15, 0.2) is 0 Å². The second-order valence-electron chi connectivity index (χ2n) is 5.23. The van der Waals surface area contributed by atoms with E-state index in [9.17, 15) is 0 Å². The van der Waals surface area contributed by atoms with E-state index < -0.39 is 0 Å². The van der Waals surface area contributed by atoms with Crippen LogP contribution in [-0.2, 0) is 6.54 Å². The average molecular weight is 233 g/mol. The minimum absolute atomic E-state index is 0.695. The van der Waals surface area contributed by atoms with Crippen molar-refractivity contribution in [2.45, 2.75) is 32.9 Å². The van der Waals surface area contributed by atoms with E-state index in [4.69, 9.17) is 0 Å². The zero-order valence-electron chi connectivity index (χ0n) is 10.9. The zero-order valence-corrected chi connectivity index (χ0v) is 10.9. The highest BCUT2D eigenvalue weighted by Gasteiger charge is 2.23. The number of nitrogens with zero attached hydrogens (tertiary/aromatic N) is 2. The first-order valence-corrected chi connectivity index (χ1v) is 6.59. The van der Waals surface area contributed by atoms with Gasteiger partial charge in [0.05, 0.1) is 0 Å². The van der Waals surface area contributed by atoms with Gasteiger partial charge < -0.3 is 10.2 Å². The Morgan fingerprint density at radius 1 is 1.41 bits per heavy atom. The van der Waals surface area contributed by atoms with Crippen LogP contribution in [0.3, 0.4) is 0 Å². The molecule has 0 aromatic carbocycles. The highest BCUT2D eigenvalue weighted by molar-refractivity contribution is 5.08. The SMILES string of the molecule is CC(C)N1CCC(CNCc2ccncc2)C1. The van der Waals surface area contributed by atoms with Gasteiger partial charge in [-0.2, -0.15) is 0 Å². The monoisotopic (exact) mass is 233 g/mol. The molecule has 1 atom stereocenters. The van der Waals surface area contributed by atoms with Crippen LogP contribution in [0.5, 0.6) is 0 Å². The van der Waals surface area contributed by atoms with E-state index in [1.807, 2.05) is 12.4 Å². The maximum absolute atomic E-state index is 4.03. The minimum Gasteiger partial charge on any atom is -0.312 e. The molecule has 1 unspecified atom stereocenters. The van der Waals surface area contributed by atoms with E-state index in [-0.39, 0.29) is 0 Å². The molecular weight excluding hydrogens is 210 g/mol. The van der Waals surface area contributed by atoms with Crippen molar-refractivity contribution in [1.29, 1.82) is 0 Å². The number of likely N-dealkylation sites (tertiary alicyclic amines) is 1. The number of nitrogens with one attached hydrogen (secondary N) is 1. The van der Waals surface area contributed by atoms with E-state index in [2.05, 4.69) is 41.2 Å². The second-order valence-corrected chi connectivity index (χ2v) is 5.23. The third-order valence-electron chi connectivity index (χ3n) is 3.56. The maximum atomic E-state index is 4.03. The van der Waals surface area contributed by atoms with Crippen LogP contribution in [0.15, 0.2) is 24.5 Å². The summed E-state index contributed by atoms with van der Waals surface area (Å²) in [6.45, 7) is 9.17. The molecule has 2 heterocycles. The molecule has 1 aromatic heterocycles. The molecule has 1 fully saturated rings. The van der Waals surface area contributed by atoms with Gasteiger partial charge in [0, 0.05) is 31.5 Å². The number of hydrogen-bond acceptors (Lipinski definition) is 3. The molecule has 0 spiro atoms. The van der Waals surface area contributed by atoms with Crippen molar-refractivity contribution in [2.75, 3.05) is 19.6 Å². The number of rotatable bonds is 5. The lowest BCUT2D eigenvalue weighted by Crippen LogP contribution is -2.30. The van der Waals surface area contributed by atoms with Crippen LogP contribution < -0.4 is 5.32 Å². The van der Waals surface area contributed by atoms with Crippen LogP contribution >= 0.6 is 0 Å². The molecule has 1 aromatic rings. The molecule has 0 aliphatic carbocycles. The van der Waals surface area contributed by atoms with E-state index in [1.54, 1.807) is 0 Å². The highest BCUT2D eigenvalue weighted by atomic mass is 15.2. The van der Waals surface area contributed by atoms with Gasteiger partial charge in [-0.1, -0.05) is 0 Å². The molecule has 3 heteroatoms. The van der Waals surface area contributed by atoms with Crippen molar-refractivity contribution in [3.8, 4) is 0 Å². The van der Waals surface area contributed by atoms with Crippen molar-refractivity contribution < 1.29 is 0 Å². The standard InChI is InChI=1S/C14H23N3/c1-12(2)17-8-5-14(11-17)10-16-9-13-3-6-15-7-4-13/h3-4,6-7,12,14,16H,5,8-11H2,1-2H3. The predicted octanol–water partition coefficient (Wildman–Crippen LogP) is 1.90. The Hall–Kier alpha value is -0.930. The van der Waals surface area contributed by atoms with Crippen LogP contribution in [0, 0.1) is 5.92 Å². The minimum atomic E-state index is 0.695. The Bertz CT molecular complexity index is 323. The number of aromatic nitrogens is 1. The van der Waals surface area contributed by atoms with Crippen LogP contribution in [0.2, 0.25) is 0 Å². The summed E-state index contributed by atoms with van der Waals surface area (Å²) >= 11 is 0. The molecule has 0 amide bonds. The first kappa shape index (κ1) is 12.5. The summed E-state index contributed by atoms with van der Waals surface area (Å²) in [4.78, 5) is 6.59. The Morgan fingerprint density at radius 3 is 2.82 bits per heavy atom. The van der Waals surface area contributed by atoms with E-state index in [0.717, 1.165) is 19.0 Å². The third kappa shape index (κ3) is 3.79. The number of pyridine rings is 1. The Kier molecular flexibility index (Phi) is 4.51. The van der Waals surface area contributed by atoms with Crippen molar-refractivity contribution >= 4 is 0 Å². The van der Waals surface area contributed by atoms with Gasteiger partial charge in [-0.3, -0.25) is 4.98 Å². The summed E-state index contributed by atoms with van der Waals surface area (Å²) < 4.78 is 0. The first-order valence-electron chi connectivity index (χ1n) is 6.59. The third-order valence-corrected chi connectivity index (χ3v) is 3.56. The van der Waals surface area contributed by atoms with Crippen molar-refractivity contribution in [3.63, 3.8) is 0 Å². The molecule has 0 saturated carbocycles. The van der Waals surface area contributed by atoms with Gasteiger partial charge >= 0.3 is 0 Å². The van der Waals surface area contributed by atoms with Gasteiger partial charge in [0.1, 0.15) is 0 Å². The van der Waals surface area contributed by atoms with E-state index in [1.165, 1.54) is 25.1 Å². The molecule has 1 aliphatic heterocycles. The second kappa shape index (κ2) is 6.12.